The van der Waals surface area contributed by atoms with Gasteiger partial charge in [0, 0.05) is 49.0 Å². The number of aromatic nitrogens is 4. The lowest BCUT2D eigenvalue weighted by Gasteiger charge is -2.34. The third-order valence-electron chi connectivity index (χ3n) is 5.21. The van der Waals surface area contributed by atoms with Crippen molar-refractivity contribution in [2.75, 3.05) is 31.1 Å². The molecule has 1 aliphatic heterocycles. The van der Waals surface area contributed by atoms with Crippen molar-refractivity contribution >= 4 is 45.0 Å². The number of hydrogen-bond donors (Lipinski definition) is 0. The number of piperazine rings is 1. The number of fused-ring (bicyclic) bond motifs is 1. The van der Waals surface area contributed by atoms with Crippen molar-refractivity contribution in [3.05, 3.63) is 64.4 Å². The van der Waals surface area contributed by atoms with Crippen LogP contribution in [-0.4, -0.2) is 56.7 Å². The van der Waals surface area contributed by atoms with E-state index in [1.54, 1.807) is 18.5 Å². The highest BCUT2D eigenvalue weighted by atomic mass is 35.5. The second kappa shape index (κ2) is 7.70. The number of hydrogen-bond acceptors (Lipinski definition) is 6. The second-order valence-corrected chi connectivity index (χ2v) is 8.60. The molecule has 5 rings (SSSR count). The molecule has 1 aliphatic rings. The first-order chi connectivity index (χ1) is 14.6. The van der Waals surface area contributed by atoms with Crippen LogP contribution in [0, 0.1) is 6.92 Å². The Balaban J connectivity index is 1.38. The van der Waals surface area contributed by atoms with Crippen LogP contribution in [0.25, 0.3) is 15.9 Å². The molecule has 1 fully saturated rings. The minimum Gasteiger partial charge on any atom is -0.337 e. The lowest BCUT2D eigenvalue weighted by atomic mass is 10.2. The van der Waals surface area contributed by atoms with Crippen LogP contribution >= 0.6 is 22.9 Å². The molecule has 0 atom stereocenters. The Kier molecular flexibility index (Phi) is 4.88. The van der Waals surface area contributed by atoms with Gasteiger partial charge in [0.25, 0.3) is 5.91 Å². The number of halogens is 1. The maximum Gasteiger partial charge on any atom is 0.264 e. The zero-order valence-corrected chi connectivity index (χ0v) is 17.9. The van der Waals surface area contributed by atoms with E-state index in [0.29, 0.717) is 24.1 Å². The summed E-state index contributed by atoms with van der Waals surface area (Å²) in [5, 5.41) is 6.29. The number of benzene rings is 1. The number of carbonyl (C=O) groups excluding carboxylic acids is 1. The van der Waals surface area contributed by atoms with Crippen LogP contribution in [0.4, 0.5) is 5.95 Å². The number of nitrogens with zero attached hydrogens (tertiary/aromatic N) is 6. The number of anilines is 1. The van der Waals surface area contributed by atoms with Crippen LogP contribution in [0.1, 0.15) is 15.4 Å². The van der Waals surface area contributed by atoms with Crippen LogP contribution in [0.15, 0.2) is 48.8 Å². The molecule has 30 heavy (non-hydrogen) atoms. The van der Waals surface area contributed by atoms with Crippen LogP contribution in [0.3, 0.4) is 0 Å². The Morgan fingerprint density at radius 1 is 1.07 bits per heavy atom. The van der Waals surface area contributed by atoms with E-state index in [-0.39, 0.29) is 5.91 Å². The van der Waals surface area contributed by atoms with E-state index in [0.717, 1.165) is 39.6 Å². The molecule has 9 heteroatoms. The van der Waals surface area contributed by atoms with Crippen LogP contribution in [-0.2, 0) is 0 Å². The van der Waals surface area contributed by atoms with Crippen molar-refractivity contribution in [2.24, 2.45) is 0 Å². The van der Waals surface area contributed by atoms with Crippen molar-refractivity contribution in [2.45, 2.75) is 6.92 Å². The molecule has 4 aromatic rings. The minimum atomic E-state index is 0.0573. The van der Waals surface area contributed by atoms with E-state index < -0.39 is 0 Å². The highest BCUT2D eigenvalue weighted by Crippen LogP contribution is 2.32. The molecule has 0 unspecified atom stereocenters. The van der Waals surface area contributed by atoms with E-state index in [4.69, 9.17) is 11.6 Å². The third-order valence-corrected chi connectivity index (χ3v) is 6.54. The Labute approximate surface area is 182 Å². The van der Waals surface area contributed by atoms with Gasteiger partial charge in [-0.05, 0) is 37.3 Å². The Hall–Kier alpha value is -2.97. The zero-order valence-electron chi connectivity index (χ0n) is 16.3. The molecule has 0 spiro atoms. The first kappa shape index (κ1) is 19.0. The number of amides is 1. The number of thiophene rings is 1. The summed E-state index contributed by atoms with van der Waals surface area (Å²) in [6.07, 6.45) is 3.48. The average Bonchev–Trinajstić information content (AvgIpc) is 3.35. The molecule has 0 N–H and O–H groups in total. The fourth-order valence-electron chi connectivity index (χ4n) is 3.66. The van der Waals surface area contributed by atoms with Gasteiger partial charge < -0.3 is 9.80 Å². The average molecular weight is 439 g/mol. The van der Waals surface area contributed by atoms with Gasteiger partial charge in [-0.1, -0.05) is 17.7 Å². The highest BCUT2D eigenvalue weighted by Gasteiger charge is 2.26. The molecular weight excluding hydrogens is 420 g/mol. The van der Waals surface area contributed by atoms with Gasteiger partial charge in [0.05, 0.1) is 16.3 Å². The van der Waals surface area contributed by atoms with Gasteiger partial charge in [-0.15, -0.1) is 11.3 Å². The van der Waals surface area contributed by atoms with Gasteiger partial charge in [0.2, 0.25) is 5.95 Å². The Morgan fingerprint density at radius 2 is 1.83 bits per heavy atom. The predicted octanol–water partition coefficient (Wildman–Crippen LogP) is 3.80. The van der Waals surface area contributed by atoms with Crippen molar-refractivity contribution in [3.63, 3.8) is 0 Å². The maximum atomic E-state index is 13.2. The molecule has 0 saturated carbocycles. The highest BCUT2D eigenvalue weighted by molar-refractivity contribution is 7.20. The molecule has 0 aliphatic carbocycles. The summed E-state index contributed by atoms with van der Waals surface area (Å²) < 4.78 is 1.86. The quantitative estimate of drug-likeness (QED) is 0.486. The van der Waals surface area contributed by atoms with Crippen molar-refractivity contribution < 1.29 is 4.79 Å². The smallest absolute Gasteiger partial charge is 0.264 e. The number of aryl methyl sites for hydroxylation is 1. The van der Waals surface area contributed by atoms with E-state index in [9.17, 15) is 4.79 Å². The summed E-state index contributed by atoms with van der Waals surface area (Å²) >= 11 is 7.63. The SMILES string of the molecule is Cc1nn(-c2cccc(Cl)c2)c2sc(C(=O)N3CCN(c4ncccn4)CC3)cc12. The summed E-state index contributed by atoms with van der Waals surface area (Å²) in [5.74, 6) is 0.769. The molecule has 1 aromatic carbocycles. The third kappa shape index (κ3) is 3.42. The molecule has 1 saturated heterocycles. The largest absolute Gasteiger partial charge is 0.337 e. The van der Waals surface area contributed by atoms with Crippen LogP contribution < -0.4 is 4.90 Å². The van der Waals surface area contributed by atoms with E-state index >= 15 is 0 Å². The minimum absolute atomic E-state index is 0.0573. The van der Waals surface area contributed by atoms with Gasteiger partial charge >= 0.3 is 0 Å². The lowest BCUT2D eigenvalue weighted by molar-refractivity contribution is 0.0751. The van der Waals surface area contributed by atoms with Crippen LogP contribution in [0.2, 0.25) is 5.02 Å². The number of rotatable bonds is 3. The van der Waals surface area contributed by atoms with Gasteiger partial charge in [0.15, 0.2) is 0 Å². The maximum absolute atomic E-state index is 13.2. The summed E-state index contributed by atoms with van der Waals surface area (Å²) in [5.41, 5.74) is 1.78. The van der Waals surface area contributed by atoms with Gasteiger partial charge in [0.1, 0.15) is 4.83 Å². The molecule has 1 amide bonds. The van der Waals surface area contributed by atoms with E-state index in [1.807, 2.05) is 46.8 Å². The predicted molar refractivity (Wildman–Crippen MR) is 119 cm³/mol. The first-order valence-electron chi connectivity index (χ1n) is 9.66. The Morgan fingerprint density at radius 3 is 2.57 bits per heavy atom. The number of carbonyl (C=O) groups is 1. The standard InChI is InChI=1S/C21H19ClN6OS/c1-14-17-13-18(30-20(17)28(25-14)16-5-2-4-15(22)12-16)19(29)26-8-10-27(11-9-26)21-23-6-3-7-24-21/h2-7,12-13H,8-11H2,1H3. The lowest BCUT2D eigenvalue weighted by Crippen LogP contribution is -2.49. The fraction of sp³-hybridized carbons (Fsp3) is 0.238. The zero-order chi connectivity index (χ0) is 20.7. The van der Waals surface area contributed by atoms with Crippen molar-refractivity contribution in [1.82, 2.24) is 24.6 Å². The molecule has 4 heterocycles. The molecule has 7 nitrogen and oxygen atoms in total. The molecule has 3 aromatic heterocycles. The topological polar surface area (TPSA) is 67.2 Å². The van der Waals surface area contributed by atoms with Crippen molar-refractivity contribution in [1.29, 1.82) is 0 Å². The normalized spacial score (nSPS) is 14.5. The fourth-order valence-corrected chi connectivity index (χ4v) is 4.99. The van der Waals surface area contributed by atoms with E-state index in [2.05, 4.69) is 20.0 Å². The second-order valence-electron chi connectivity index (χ2n) is 7.13. The first-order valence-corrected chi connectivity index (χ1v) is 10.9. The molecule has 152 valence electrons. The summed E-state index contributed by atoms with van der Waals surface area (Å²) in [4.78, 5) is 27.4. The summed E-state index contributed by atoms with van der Waals surface area (Å²) in [6, 6.07) is 11.3. The van der Waals surface area contributed by atoms with Gasteiger partial charge in [-0.25, -0.2) is 14.6 Å². The Bertz CT molecular complexity index is 1210. The summed E-state index contributed by atoms with van der Waals surface area (Å²) in [6.45, 7) is 4.68. The molecule has 0 bridgehead atoms. The monoisotopic (exact) mass is 438 g/mol. The molecule has 0 radical (unpaired) electrons. The van der Waals surface area contributed by atoms with Gasteiger partial charge in [-0.3, -0.25) is 4.79 Å². The molecular formula is C21H19ClN6OS. The van der Waals surface area contributed by atoms with Crippen molar-refractivity contribution in [3.8, 4) is 5.69 Å². The van der Waals surface area contributed by atoms with Crippen LogP contribution in [0.5, 0.6) is 0 Å². The van der Waals surface area contributed by atoms with E-state index in [1.165, 1.54) is 11.3 Å². The van der Waals surface area contributed by atoms with Gasteiger partial charge in [-0.2, -0.15) is 5.10 Å². The summed E-state index contributed by atoms with van der Waals surface area (Å²) in [7, 11) is 0.